The van der Waals surface area contributed by atoms with Crippen molar-refractivity contribution in [3.8, 4) is 0 Å². The highest BCUT2D eigenvalue weighted by molar-refractivity contribution is 5.73. The smallest absolute Gasteiger partial charge is 0.338 e. The van der Waals surface area contributed by atoms with Gasteiger partial charge in [0.25, 0.3) is 0 Å². The molecule has 0 bridgehead atoms. The molecule has 0 saturated heterocycles. The molecule has 2 N–H and O–H groups in total. The van der Waals surface area contributed by atoms with Gasteiger partial charge >= 0.3 is 12.2 Å². The molecule has 1 rings (SSSR count). The minimum absolute atomic E-state index is 0.240. The summed E-state index contributed by atoms with van der Waals surface area (Å²) in [4.78, 5) is 11.1. The Morgan fingerprint density at radius 1 is 1.21 bits per heavy atom. The summed E-state index contributed by atoms with van der Waals surface area (Å²) >= 11 is 0. The Bertz CT molecular complexity index is 393. The van der Waals surface area contributed by atoms with Crippen molar-refractivity contribution < 1.29 is 18.0 Å². The molecule has 106 valence electrons. The van der Waals surface area contributed by atoms with Gasteiger partial charge in [0.15, 0.2) is 0 Å². The lowest BCUT2D eigenvalue weighted by molar-refractivity contribution is -0.122. The lowest BCUT2D eigenvalue weighted by Gasteiger charge is -2.13. The van der Waals surface area contributed by atoms with E-state index in [1.807, 2.05) is 37.3 Å². The summed E-state index contributed by atoms with van der Waals surface area (Å²) in [5.74, 6) is 0.240. The first-order valence-electron chi connectivity index (χ1n) is 6.02. The van der Waals surface area contributed by atoms with Crippen molar-refractivity contribution in [1.82, 2.24) is 10.6 Å². The van der Waals surface area contributed by atoms with Gasteiger partial charge in [-0.1, -0.05) is 37.3 Å². The van der Waals surface area contributed by atoms with Gasteiger partial charge in [-0.25, -0.2) is 4.79 Å². The van der Waals surface area contributed by atoms with Crippen molar-refractivity contribution in [2.24, 2.45) is 0 Å². The molecule has 0 aliphatic carbocycles. The minimum atomic E-state index is -4.38. The molecule has 0 aromatic heterocycles. The van der Waals surface area contributed by atoms with Crippen LogP contribution in [-0.4, -0.2) is 25.3 Å². The second kappa shape index (κ2) is 7.01. The van der Waals surface area contributed by atoms with E-state index < -0.39 is 18.8 Å². The summed E-state index contributed by atoms with van der Waals surface area (Å²) < 4.78 is 35.5. The summed E-state index contributed by atoms with van der Waals surface area (Å²) in [7, 11) is 0. The number of carbonyl (C=O) groups is 1. The Balaban J connectivity index is 2.22. The van der Waals surface area contributed by atoms with Crippen molar-refractivity contribution in [3.63, 3.8) is 0 Å². The van der Waals surface area contributed by atoms with Crippen LogP contribution in [0.2, 0.25) is 0 Å². The highest BCUT2D eigenvalue weighted by Gasteiger charge is 2.27. The van der Waals surface area contributed by atoms with Crippen LogP contribution < -0.4 is 10.6 Å². The van der Waals surface area contributed by atoms with E-state index in [9.17, 15) is 18.0 Å². The molecule has 1 aromatic rings. The number of amides is 2. The van der Waals surface area contributed by atoms with Crippen LogP contribution in [0.15, 0.2) is 30.3 Å². The van der Waals surface area contributed by atoms with Gasteiger partial charge in [-0.2, -0.15) is 13.2 Å². The molecule has 0 aliphatic heterocycles. The van der Waals surface area contributed by atoms with E-state index in [2.05, 4.69) is 5.32 Å². The third-order valence-corrected chi connectivity index (χ3v) is 2.68. The van der Waals surface area contributed by atoms with Gasteiger partial charge in [-0.3, -0.25) is 0 Å². The van der Waals surface area contributed by atoms with Gasteiger partial charge in [0, 0.05) is 6.54 Å². The summed E-state index contributed by atoms with van der Waals surface area (Å²) in [5, 5.41) is 4.17. The number of urea groups is 1. The van der Waals surface area contributed by atoms with Crippen LogP contribution in [0.25, 0.3) is 0 Å². The van der Waals surface area contributed by atoms with E-state index >= 15 is 0 Å². The quantitative estimate of drug-likeness (QED) is 0.851. The van der Waals surface area contributed by atoms with E-state index in [4.69, 9.17) is 0 Å². The second-order valence-electron chi connectivity index (χ2n) is 4.33. The number of rotatable bonds is 5. The molecule has 2 amide bonds. The summed E-state index contributed by atoms with van der Waals surface area (Å²) in [5.41, 5.74) is 1.14. The molecule has 1 aromatic carbocycles. The first kappa shape index (κ1) is 15.3. The molecular formula is C13H17F3N2O. The van der Waals surface area contributed by atoms with E-state index in [1.165, 1.54) is 0 Å². The maximum atomic E-state index is 11.8. The Labute approximate surface area is 110 Å². The fourth-order valence-electron chi connectivity index (χ4n) is 1.59. The van der Waals surface area contributed by atoms with Crippen LogP contribution in [-0.2, 0) is 0 Å². The molecule has 0 saturated carbocycles. The van der Waals surface area contributed by atoms with Crippen molar-refractivity contribution in [2.75, 3.05) is 13.1 Å². The number of carbonyl (C=O) groups excluding carboxylic acids is 1. The van der Waals surface area contributed by atoms with Crippen LogP contribution in [0.5, 0.6) is 0 Å². The van der Waals surface area contributed by atoms with Gasteiger partial charge in [-0.05, 0) is 17.9 Å². The predicted molar refractivity (Wildman–Crippen MR) is 66.9 cm³/mol. The topological polar surface area (TPSA) is 41.1 Å². The zero-order valence-electron chi connectivity index (χ0n) is 10.6. The van der Waals surface area contributed by atoms with Crippen LogP contribution in [0, 0.1) is 0 Å². The lowest BCUT2D eigenvalue weighted by Crippen LogP contribution is -2.41. The summed E-state index contributed by atoms with van der Waals surface area (Å²) in [6.07, 6.45) is -3.71. The third kappa shape index (κ3) is 6.69. The Morgan fingerprint density at radius 3 is 2.42 bits per heavy atom. The van der Waals surface area contributed by atoms with E-state index in [1.54, 1.807) is 5.32 Å². The fraction of sp³-hybridized carbons (Fsp3) is 0.462. The number of nitrogens with one attached hydrogen (secondary N) is 2. The van der Waals surface area contributed by atoms with E-state index in [0.29, 0.717) is 13.0 Å². The van der Waals surface area contributed by atoms with Crippen molar-refractivity contribution in [3.05, 3.63) is 35.9 Å². The third-order valence-electron chi connectivity index (χ3n) is 2.68. The SMILES string of the molecule is CC(CCNC(=O)NCC(F)(F)F)c1ccccc1. The molecule has 0 radical (unpaired) electrons. The van der Waals surface area contributed by atoms with E-state index in [0.717, 1.165) is 5.56 Å². The highest BCUT2D eigenvalue weighted by atomic mass is 19.4. The number of halogens is 3. The van der Waals surface area contributed by atoms with Crippen LogP contribution in [0.1, 0.15) is 24.8 Å². The van der Waals surface area contributed by atoms with Crippen molar-refractivity contribution >= 4 is 6.03 Å². The summed E-state index contributed by atoms with van der Waals surface area (Å²) in [6, 6.07) is 8.93. The first-order valence-corrected chi connectivity index (χ1v) is 6.02. The number of benzene rings is 1. The van der Waals surface area contributed by atoms with Crippen molar-refractivity contribution in [1.29, 1.82) is 0 Å². The zero-order chi connectivity index (χ0) is 14.3. The molecule has 0 spiro atoms. The Hall–Kier alpha value is -1.72. The maximum Gasteiger partial charge on any atom is 0.405 e. The fourth-order valence-corrected chi connectivity index (χ4v) is 1.59. The van der Waals surface area contributed by atoms with Gasteiger partial charge in [-0.15, -0.1) is 0 Å². The van der Waals surface area contributed by atoms with Gasteiger partial charge in [0.2, 0.25) is 0 Å². The van der Waals surface area contributed by atoms with Gasteiger partial charge in [0.05, 0.1) is 0 Å². The molecular weight excluding hydrogens is 257 g/mol. The van der Waals surface area contributed by atoms with Crippen LogP contribution >= 0.6 is 0 Å². The molecule has 0 aliphatic rings. The van der Waals surface area contributed by atoms with Gasteiger partial charge < -0.3 is 10.6 Å². The first-order chi connectivity index (χ1) is 8.88. The molecule has 0 fully saturated rings. The van der Waals surface area contributed by atoms with Gasteiger partial charge in [0.1, 0.15) is 6.54 Å². The van der Waals surface area contributed by atoms with Crippen LogP contribution in [0.4, 0.5) is 18.0 Å². The monoisotopic (exact) mass is 274 g/mol. The predicted octanol–water partition coefficient (Wildman–Crippen LogP) is 3.04. The highest BCUT2D eigenvalue weighted by Crippen LogP contribution is 2.17. The number of alkyl halides is 3. The van der Waals surface area contributed by atoms with E-state index in [-0.39, 0.29) is 5.92 Å². The molecule has 1 atom stereocenters. The lowest BCUT2D eigenvalue weighted by atomic mass is 9.98. The number of hydrogen-bond acceptors (Lipinski definition) is 1. The molecule has 19 heavy (non-hydrogen) atoms. The summed E-state index contributed by atoms with van der Waals surface area (Å²) in [6.45, 7) is 1.03. The average molecular weight is 274 g/mol. The number of hydrogen-bond donors (Lipinski definition) is 2. The molecule has 1 unspecified atom stereocenters. The molecule has 0 heterocycles. The largest absolute Gasteiger partial charge is 0.405 e. The normalized spacial score (nSPS) is 12.8. The van der Waals surface area contributed by atoms with Crippen molar-refractivity contribution in [2.45, 2.75) is 25.4 Å². The second-order valence-corrected chi connectivity index (χ2v) is 4.33. The standard InChI is InChI=1S/C13H17F3N2O/c1-10(11-5-3-2-4-6-11)7-8-17-12(19)18-9-13(14,15)16/h2-6,10H,7-9H2,1H3,(H2,17,18,19). The molecule has 6 heteroatoms. The van der Waals surface area contributed by atoms with Crippen LogP contribution in [0.3, 0.4) is 0 Å². The Kier molecular flexibility index (Phi) is 5.66. The zero-order valence-corrected chi connectivity index (χ0v) is 10.6. The maximum absolute atomic E-state index is 11.8. The minimum Gasteiger partial charge on any atom is -0.338 e. The average Bonchev–Trinajstić information content (AvgIpc) is 2.36. The Morgan fingerprint density at radius 2 is 1.84 bits per heavy atom. The molecule has 3 nitrogen and oxygen atoms in total.